The monoisotopic (exact) mass is 404 g/mol. The third-order valence-electron chi connectivity index (χ3n) is 4.45. The van der Waals surface area contributed by atoms with Gasteiger partial charge in [-0.25, -0.2) is 0 Å². The Kier molecular flexibility index (Phi) is 7.53. The van der Waals surface area contributed by atoms with Gasteiger partial charge in [-0.2, -0.15) is 0 Å². The second kappa shape index (κ2) is 8.86. The Hall–Kier alpha value is -0.210. The lowest BCUT2D eigenvalue weighted by Crippen LogP contribution is -2.61. The van der Waals surface area contributed by atoms with Gasteiger partial charge in [-0.1, -0.05) is 0 Å². The predicted octanol–water partition coefficient (Wildman–Crippen LogP) is -4.14. The molecule has 2 saturated heterocycles. The first-order valence-corrected chi connectivity index (χ1v) is 9.83. The second-order valence-electron chi connectivity index (χ2n) is 6.40. The van der Waals surface area contributed by atoms with Crippen LogP contribution < -0.4 is 0 Å². The van der Waals surface area contributed by atoms with Gasteiger partial charge < -0.3 is 54.6 Å². The van der Waals surface area contributed by atoms with Crippen molar-refractivity contribution in [3.05, 3.63) is 0 Å². The summed E-state index contributed by atoms with van der Waals surface area (Å²) in [6.45, 7) is -0.773. The molecule has 2 aliphatic heterocycles. The van der Waals surface area contributed by atoms with E-state index < -0.39 is 75.5 Å². The molecule has 0 radical (unpaired) electrons. The molecule has 8 N–H and O–H groups in total. The van der Waals surface area contributed by atoms with Crippen molar-refractivity contribution in [2.45, 2.75) is 61.5 Å². The summed E-state index contributed by atoms with van der Waals surface area (Å²) in [5.41, 5.74) is 0. The first-order chi connectivity index (χ1) is 12.0. The van der Waals surface area contributed by atoms with Crippen molar-refractivity contribution in [2.24, 2.45) is 0 Å². The Labute approximate surface area is 148 Å². The van der Waals surface area contributed by atoms with Crippen molar-refractivity contribution < 1.29 is 59.2 Å². The molecule has 2 rings (SSSR count). The molecule has 2 aliphatic rings. The Balaban J connectivity index is 2.02. The minimum atomic E-state index is -4.37. The van der Waals surface area contributed by atoms with E-state index in [-0.39, 0.29) is 13.0 Å². The lowest BCUT2D eigenvalue weighted by molar-refractivity contribution is -0.329. The standard InChI is InChI=1S/C13H25O12P/c14-3-6-9(16)10(17)7(4-23-6)25-13-12(19)11(18)8(15)5(24-13)1-2-26(20,21)22/h5-19H,1-4H2,(H2,20,21,22)/t5?,6?,7?,8-,9-,10?,11?,12?,13-/m1/s1. The number of rotatable bonds is 6. The molecule has 154 valence electrons. The average molecular weight is 404 g/mol. The van der Waals surface area contributed by atoms with Crippen LogP contribution in [0.4, 0.5) is 0 Å². The van der Waals surface area contributed by atoms with Crippen LogP contribution in [0.2, 0.25) is 0 Å². The normalized spacial score (nSPS) is 44.8. The zero-order valence-corrected chi connectivity index (χ0v) is 14.6. The van der Waals surface area contributed by atoms with E-state index in [1.807, 2.05) is 0 Å². The fourth-order valence-corrected chi connectivity index (χ4v) is 3.46. The third-order valence-corrected chi connectivity index (χ3v) is 5.29. The number of ether oxygens (including phenoxy) is 3. The van der Waals surface area contributed by atoms with E-state index in [9.17, 15) is 30.1 Å². The Morgan fingerprint density at radius 1 is 0.923 bits per heavy atom. The van der Waals surface area contributed by atoms with Crippen LogP contribution in [0.1, 0.15) is 6.42 Å². The minimum Gasteiger partial charge on any atom is -0.394 e. The maximum Gasteiger partial charge on any atom is 0.325 e. The molecule has 0 saturated carbocycles. The van der Waals surface area contributed by atoms with E-state index in [1.54, 1.807) is 0 Å². The highest BCUT2D eigenvalue weighted by Gasteiger charge is 2.47. The summed E-state index contributed by atoms with van der Waals surface area (Å²) in [7, 11) is -4.37. The van der Waals surface area contributed by atoms with E-state index >= 15 is 0 Å². The molecule has 26 heavy (non-hydrogen) atoms. The first-order valence-electron chi connectivity index (χ1n) is 8.03. The molecular weight excluding hydrogens is 379 g/mol. The van der Waals surface area contributed by atoms with Gasteiger partial charge in [0.25, 0.3) is 0 Å². The van der Waals surface area contributed by atoms with Gasteiger partial charge in [0.2, 0.25) is 0 Å². The van der Waals surface area contributed by atoms with Crippen LogP contribution >= 0.6 is 7.60 Å². The van der Waals surface area contributed by atoms with Gasteiger partial charge >= 0.3 is 7.60 Å². The van der Waals surface area contributed by atoms with Gasteiger partial charge in [-0.05, 0) is 6.42 Å². The number of aliphatic hydroxyl groups excluding tert-OH is 6. The zero-order chi connectivity index (χ0) is 19.6. The van der Waals surface area contributed by atoms with Crippen molar-refractivity contribution in [3.63, 3.8) is 0 Å². The summed E-state index contributed by atoms with van der Waals surface area (Å²) in [5.74, 6) is 0. The Morgan fingerprint density at radius 2 is 1.54 bits per heavy atom. The van der Waals surface area contributed by atoms with Crippen LogP contribution in [0, 0.1) is 0 Å². The highest BCUT2D eigenvalue weighted by atomic mass is 31.2. The van der Waals surface area contributed by atoms with Crippen LogP contribution in [0.25, 0.3) is 0 Å². The highest BCUT2D eigenvalue weighted by molar-refractivity contribution is 7.51. The summed E-state index contributed by atoms with van der Waals surface area (Å²) in [4.78, 5) is 17.8. The molecule has 0 aromatic heterocycles. The van der Waals surface area contributed by atoms with Crippen LogP contribution in [-0.4, -0.2) is 115 Å². The molecule has 9 atom stereocenters. The van der Waals surface area contributed by atoms with Crippen LogP contribution in [-0.2, 0) is 18.8 Å². The lowest BCUT2D eigenvalue weighted by Gasteiger charge is -2.44. The number of hydrogen-bond acceptors (Lipinski definition) is 10. The highest BCUT2D eigenvalue weighted by Crippen LogP contribution is 2.37. The average Bonchev–Trinajstić information content (AvgIpc) is 2.57. The summed E-state index contributed by atoms with van der Waals surface area (Å²) < 4.78 is 26.7. The molecule has 6 unspecified atom stereocenters. The molecule has 0 bridgehead atoms. The fourth-order valence-electron chi connectivity index (χ4n) is 2.87. The molecule has 0 aromatic rings. The van der Waals surface area contributed by atoms with E-state index in [2.05, 4.69) is 0 Å². The van der Waals surface area contributed by atoms with Crippen molar-refractivity contribution in [1.82, 2.24) is 0 Å². The summed E-state index contributed by atoms with van der Waals surface area (Å²) >= 11 is 0. The van der Waals surface area contributed by atoms with Crippen molar-refractivity contribution in [2.75, 3.05) is 19.4 Å². The van der Waals surface area contributed by atoms with Crippen molar-refractivity contribution >= 4 is 7.60 Å². The molecule has 2 heterocycles. The fraction of sp³-hybridized carbons (Fsp3) is 1.00. The van der Waals surface area contributed by atoms with Crippen LogP contribution in [0.5, 0.6) is 0 Å². The topological polar surface area (TPSA) is 207 Å². The quantitative estimate of drug-likeness (QED) is 0.199. The molecule has 0 amide bonds. The van der Waals surface area contributed by atoms with Crippen molar-refractivity contribution in [1.29, 1.82) is 0 Å². The largest absolute Gasteiger partial charge is 0.394 e. The van der Waals surface area contributed by atoms with Gasteiger partial charge in [-0.15, -0.1) is 0 Å². The molecule has 2 fully saturated rings. The third kappa shape index (κ3) is 5.19. The molecule has 0 aliphatic carbocycles. The lowest BCUT2D eigenvalue weighted by atomic mass is 9.96. The Bertz CT molecular complexity index is 500. The van der Waals surface area contributed by atoms with Gasteiger partial charge in [0, 0.05) is 0 Å². The molecule has 13 heteroatoms. The summed E-state index contributed by atoms with van der Waals surface area (Å²) in [6.07, 6.45) is -13.8. The number of aliphatic hydroxyl groups is 6. The predicted molar refractivity (Wildman–Crippen MR) is 81.9 cm³/mol. The van der Waals surface area contributed by atoms with Crippen LogP contribution in [0.15, 0.2) is 0 Å². The van der Waals surface area contributed by atoms with Gasteiger partial charge in [0.15, 0.2) is 6.29 Å². The first kappa shape index (κ1) is 22.1. The second-order valence-corrected chi connectivity index (χ2v) is 8.18. The SMILES string of the molecule is O=P(O)(O)CCC1O[C@H](OC2COC(CO)[C@@H](O)C2O)C(O)C(O)[C@@H]1O. The van der Waals surface area contributed by atoms with E-state index in [0.717, 1.165) is 0 Å². The Morgan fingerprint density at radius 3 is 2.12 bits per heavy atom. The maximum atomic E-state index is 11.0. The van der Waals surface area contributed by atoms with E-state index in [0.29, 0.717) is 0 Å². The molecular formula is C13H25O12P. The summed E-state index contributed by atoms with van der Waals surface area (Å²) in [5, 5.41) is 58.7. The van der Waals surface area contributed by atoms with E-state index in [4.69, 9.17) is 29.1 Å². The van der Waals surface area contributed by atoms with Crippen LogP contribution in [0.3, 0.4) is 0 Å². The molecule has 0 spiro atoms. The smallest absolute Gasteiger partial charge is 0.325 e. The minimum absolute atomic E-state index is 0.248. The number of hydrogen-bond donors (Lipinski definition) is 8. The maximum absolute atomic E-state index is 11.0. The van der Waals surface area contributed by atoms with E-state index in [1.165, 1.54) is 0 Å². The molecule has 0 aromatic carbocycles. The molecule has 12 nitrogen and oxygen atoms in total. The van der Waals surface area contributed by atoms with Gasteiger partial charge in [-0.3, -0.25) is 4.57 Å². The summed E-state index contributed by atoms with van der Waals surface area (Å²) in [6, 6.07) is 0. The zero-order valence-electron chi connectivity index (χ0n) is 13.7. The van der Waals surface area contributed by atoms with Crippen molar-refractivity contribution in [3.8, 4) is 0 Å². The van der Waals surface area contributed by atoms with Gasteiger partial charge in [0.05, 0.1) is 25.5 Å². The van der Waals surface area contributed by atoms with Gasteiger partial charge in [0.1, 0.15) is 42.7 Å².